The molecule has 0 heterocycles. The molecule has 0 aromatic heterocycles. The van der Waals surface area contributed by atoms with Gasteiger partial charge >= 0.3 is 0 Å². The monoisotopic (exact) mass is 246 g/mol. The van der Waals surface area contributed by atoms with Crippen LogP contribution in [-0.4, -0.2) is 30.9 Å². The average molecular weight is 246 g/mol. The molecule has 0 aliphatic heterocycles. The Morgan fingerprint density at radius 3 is 2.22 bits per heavy atom. The molecule has 0 aliphatic carbocycles. The molecule has 4 heteroatoms. The van der Waals surface area contributed by atoms with E-state index in [9.17, 15) is 9.59 Å². The van der Waals surface area contributed by atoms with Crippen LogP contribution in [0.2, 0.25) is 0 Å². The maximum atomic E-state index is 12.0. The van der Waals surface area contributed by atoms with Crippen molar-refractivity contribution in [3.63, 3.8) is 0 Å². The summed E-state index contributed by atoms with van der Waals surface area (Å²) in [7, 11) is 1.80. The lowest BCUT2D eigenvalue weighted by atomic mass is 9.95. The highest BCUT2D eigenvalue weighted by atomic mass is 16.2. The van der Waals surface area contributed by atoms with E-state index in [0.717, 1.165) is 5.69 Å². The molecule has 1 rings (SSSR count). The molecular formula is C14H18N2O2. The predicted octanol–water partition coefficient (Wildman–Crippen LogP) is 1.94. The molecule has 1 aromatic rings. The Balaban J connectivity index is 2.75. The summed E-state index contributed by atoms with van der Waals surface area (Å²) in [6, 6.07) is 9.47. The molecule has 0 spiro atoms. The summed E-state index contributed by atoms with van der Waals surface area (Å²) in [6.45, 7) is 2.97. The molecule has 0 fully saturated rings. The molecular weight excluding hydrogens is 228 g/mol. The second-order valence-electron chi connectivity index (χ2n) is 4.38. The Morgan fingerprint density at radius 2 is 1.78 bits per heavy atom. The highest BCUT2D eigenvalue weighted by Gasteiger charge is 2.26. The molecule has 1 N–H and O–H groups in total. The van der Waals surface area contributed by atoms with Gasteiger partial charge in [0.1, 0.15) is 11.7 Å². The highest BCUT2D eigenvalue weighted by Crippen LogP contribution is 2.12. The van der Waals surface area contributed by atoms with Crippen LogP contribution in [0.5, 0.6) is 0 Å². The number of Topliss-reactive ketones (excluding diaryl/α,β-unsaturated/α-hetero) is 2. The van der Waals surface area contributed by atoms with Crippen molar-refractivity contribution >= 4 is 23.0 Å². The number of ketones is 2. The summed E-state index contributed by atoms with van der Waals surface area (Å²) in [4.78, 5) is 25.2. The summed E-state index contributed by atoms with van der Waals surface area (Å²) < 4.78 is 0. The van der Waals surface area contributed by atoms with E-state index in [1.54, 1.807) is 11.9 Å². The molecule has 96 valence electrons. The number of anilines is 1. The first-order valence-electron chi connectivity index (χ1n) is 5.78. The zero-order valence-electron chi connectivity index (χ0n) is 10.9. The van der Waals surface area contributed by atoms with Gasteiger partial charge in [-0.1, -0.05) is 18.2 Å². The van der Waals surface area contributed by atoms with Crippen molar-refractivity contribution in [2.45, 2.75) is 13.8 Å². The summed E-state index contributed by atoms with van der Waals surface area (Å²) >= 11 is 0. The predicted molar refractivity (Wildman–Crippen MR) is 72.3 cm³/mol. The first-order chi connectivity index (χ1) is 8.43. The van der Waals surface area contributed by atoms with Crippen molar-refractivity contribution < 1.29 is 9.59 Å². The third-order valence-electron chi connectivity index (χ3n) is 2.75. The second-order valence-corrected chi connectivity index (χ2v) is 4.38. The van der Waals surface area contributed by atoms with Gasteiger partial charge in [0.05, 0.1) is 6.54 Å². The standard InChI is InChI=1S/C14H18N2O2/c1-10(15)14(11(2)17)13(18)9-16(3)12-7-5-4-6-8-12/h4-8,14-15H,9H2,1-3H3. The topological polar surface area (TPSA) is 61.2 Å². The van der Waals surface area contributed by atoms with Crippen LogP contribution >= 0.6 is 0 Å². The van der Waals surface area contributed by atoms with Crippen molar-refractivity contribution in [2.24, 2.45) is 5.92 Å². The highest BCUT2D eigenvalue weighted by molar-refractivity contribution is 6.19. The molecule has 0 aliphatic rings. The van der Waals surface area contributed by atoms with Crippen LogP contribution in [0.1, 0.15) is 13.8 Å². The lowest BCUT2D eigenvalue weighted by Crippen LogP contribution is -2.36. The average Bonchev–Trinajstić information content (AvgIpc) is 2.28. The smallest absolute Gasteiger partial charge is 0.168 e. The van der Waals surface area contributed by atoms with E-state index < -0.39 is 5.92 Å². The van der Waals surface area contributed by atoms with Crippen molar-refractivity contribution in [2.75, 3.05) is 18.5 Å². The van der Waals surface area contributed by atoms with Gasteiger partial charge in [0.25, 0.3) is 0 Å². The Morgan fingerprint density at radius 1 is 1.22 bits per heavy atom. The summed E-state index contributed by atoms with van der Waals surface area (Å²) in [5.41, 5.74) is 1.02. The molecule has 1 aromatic carbocycles. The first kappa shape index (κ1) is 14.1. The third-order valence-corrected chi connectivity index (χ3v) is 2.75. The summed E-state index contributed by atoms with van der Waals surface area (Å²) in [5.74, 6) is -1.41. The zero-order valence-corrected chi connectivity index (χ0v) is 10.9. The summed E-state index contributed by atoms with van der Waals surface area (Å²) in [6.07, 6.45) is 0. The van der Waals surface area contributed by atoms with Gasteiger partial charge in [-0.25, -0.2) is 0 Å². The Labute approximate surface area is 107 Å². The van der Waals surface area contributed by atoms with Crippen LogP contribution < -0.4 is 4.90 Å². The van der Waals surface area contributed by atoms with Gasteiger partial charge in [-0.3, -0.25) is 9.59 Å². The number of carbonyl (C=O) groups is 2. The Bertz CT molecular complexity index is 440. The van der Waals surface area contributed by atoms with E-state index in [0.29, 0.717) is 0 Å². The van der Waals surface area contributed by atoms with Gasteiger partial charge < -0.3 is 10.3 Å². The van der Waals surface area contributed by atoms with Crippen LogP contribution in [0.4, 0.5) is 5.69 Å². The lowest BCUT2D eigenvalue weighted by molar-refractivity contribution is -0.127. The number of carbonyl (C=O) groups excluding carboxylic acids is 2. The number of hydrogen-bond acceptors (Lipinski definition) is 4. The van der Waals surface area contributed by atoms with Crippen molar-refractivity contribution in [1.82, 2.24) is 0 Å². The number of hydrogen-bond donors (Lipinski definition) is 1. The van der Waals surface area contributed by atoms with E-state index in [1.165, 1.54) is 13.8 Å². The molecule has 0 bridgehead atoms. The number of benzene rings is 1. The van der Waals surface area contributed by atoms with E-state index in [1.807, 2.05) is 30.3 Å². The number of likely N-dealkylation sites (N-methyl/N-ethyl adjacent to an activating group) is 1. The maximum absolute atomic E-state index is 12.0. The maximum Gasteiger partial charge on any atom is 0.168 e. The van der Waals surface area contributed by atoms with Gasteiger partial charge in [0, 0.05) is 18.4 Å². The van der Waals surface area contributed by atoms with Crippen molar-refractivity contribution in [3.05, 3.63) is 30.3 Å². The molecule has 1 unspecified atom stereocenters. The van der Waals surface area contributed by atoms with Crippen molar-refractivity contribution in [1.29, 1.82) is 5.41 Å². The van der Waals surface area contributed by atoms with E-state index >= 15 is 0 Å². The zero-order chi connectivity index (χ0) is 13.7. The SMILES string of the molecule is CC(=N)C(C(C)=O)C(=O)CN(C)c1ccccc1. The van der Waals surface area contributed by atoms with Gasteiger partial charge in [-0.05, 0) is 26.0 Å². The van der Waals surface area contributed by atoms with Gasteiger partial charge in [0.2, 0.25) is 0 Å². The fraction of sp³-hybridized carbons (Fsp3) is 0.357. The number of nitrogens with zero attached hydrogens (tertiary/aromatic N) is 1. The molecule has 0 saturated heterocycles. The van der Waals surface area contributed by atoms with Crippen LogP contribution in [0.25, 0.3) is 0 Å². The molecule has 4 nitrogen and oxygen atoms in total. The van der Waals surface area contributed by atoms with Crippen LogP contribution in [0.15, 0.2) is 30.3 Å². The molecule has 0 radical (unpaired) electrons. The minimum Gasteiger partial charge on any atom is -0.367 e. The molecule has 1 atom stereocenters. The fourth-order valence-electron chi connectivity index (χ4n) is 1.87. The third kappa shape index (κ3) is 3.52. The van der Waals surface area contributed by atoms with Crippen LogP contribution in [0, 0.1) is 11.3 Å². The number of rotatable bonds is 6. The summed E-state index contributed by atoms with van der Waals surface area (Å²) in [5, 5.41) is 7.50. The number of para-hydroxylation sites is 1. The minimum atomic E-state index is -0.906. The number of nitrogens with one attached hydrogen (secondary N) is 1. The van der Waals surface area contributed by atoms with Gasteiger partial charge in [-0.15, -0.1) is 0 Å². The van der Waals surface area contributed by atoms with Crippen LogP contribution in [-0.2, 0) is 9.59 Å². The first-order valence-corrected chi connectivity index (χ1v) is 5.78. The van der Waals surface area contributed by atoms with Gasteiger partial charge in [-0.2, -0.15) is 0 Å². The minimum absolute atomic E-state index is 0.106. The Kier molecular flexibility index (Phi) is 4.77. The molecule has 18 heavy (non-hydrogen) atoms. The second kappa shape index (κ2) is 6.10. The fourth-order valence-corrected chi connectivity index (χ4v) is 1.87. The molecule has 0 amide bonds. The quantitative estimate of drug-likeness (QED) is 0.616. The molecule has 0 saturated carbocycles. The van der Waals surface area contributed by atoms with Gasteiger partial charge in [0.15, 0.2) is 5.78 Å². The van der Waals surface area contributed by atoms with E-state index in [-0.39, 0.29) is 23.8 Å². The normalized spacial score (nSPS) is 11.7. The van der Waals surface area contributed by atoms with E-state index in [4.69, 9.17) is 5.41 Å². The van der Waals surface area contributed by atoms with E-state index in [2.05, 4.69) is 0 Å². The van der Waals surface area contributed by atoms with Crippen molar-refractivity contribution in [3.8, 4) is 0 Å². The Hall–Kier alpha value is -1.97. The van der Waals surface area contributed by atoms with Crippen LogP contribution in [0.3, 0.4) is 0 Å². The largest absolute Gasteiger partial charge is 0.367 e. The lowest BCUT2D eigenvalue weighted by Gasteiger charge is -2.20.